The summed E-state index contributed by atoms with van der Waals surface area (Å²) in [5.41, 5.74) is 0.866. The van der Waals surface area contributed by atoms with Crippen LogP contribution in [0.25, 0.3) is 0 Å². The largest absolute Gasteiger partial charge is 0.411 e. The van der Waals surface area contributed by atoms with Gasteiger partial charge in [-0.05, 0) is 0 Å². The van der Waals surface area contributed by atoms with E-state index in [9.17, 15) is 0 Å². The molecule has 0 saturated heterocycles. The molecule has 0 bridgehead atoms. The molecule has 4 nitrogen and oxygen atoms in total. The topological polar surface area (TPSA) is 41.4 Å². The number of rotatable bonds is 1. The highest BCUT2D eigenvalue weighted by atomic mass is 16.4. The van der Waals surface area contributed by atoms with Crippen LogP contribution in [0.15, 0.2) is 17.7 Å². The van der Waals surface area contributed by atoms with Crippen molar-refractivity contribution >= 4 is 6.21 Å². The van der Waals surface area contributed by atoms with Gasteiger partial charge in [0, 0.05) is 0 Å². The van der Waals surface area contributed by atoms with E-state index < -0.39 is 0 Å². The predicted octanol–water partition coefficient (Wildman–Crippen LogP) is -0.342. The average molecular weight is 140 g/mol. The van der Waals surface area contributed by atoms with Gasteiger partial charge < -0.3 is 5.21 Å². The number of hydrogen-bond donors (Lipinski definition) is 1. The second kappa shape index (κ2) is 2.51. The van der Waals surface area contributed by atoms with Crippen LogP contribution < -0.4 is 4.57 Å². The van der Waals surface area contributed by atoms with Crippen molar-refractivity contribution in [2.75, 3.05) is 0 Å². The molecule has 1 aromatic heterocycles. The number of imidazole rings is 1. The minimum atomic E-state index is 0.866. The summed E-state index contributed by atoms with van der Waals surface area (Å²) < 4.78 is 3.75. The molecule has 0 atom stereocenters. The lowest BCUT2D eigenvalue weighted by atomic mass is 10.5. The van der Waals surface area contributed by atoms with E-state index >= 15 is 0 Å². The van der Waals surface area contributed by atoms with Crippen molar-refractivity contribution < 1.29 is 9.77 Å². The van der Waals surface area contributed by atoms with Gasteiger partial charge in [0.1, 0.15) is 12.4 Å². The zero-order valence-electron chi connectivity index (χ0n) is 6.02. The highest BCUT2D eigenvalue weighted by Gasteiger charge is 2.03. The Balaban J connectivity index is 3.03. The Morgan fingerprint density at radius 3 is 2.90 bits per heavy atom. The Labute approximate surface area is 59.0 Å². The van der Waals surface area contributed by atoms with Crippen LogP contribution in [-0.4, -0.2) is 16.0 Å². The van der Waals surface area contributed by atoms with Gasteiger partial charge in [0.05, 0.1) is 14.1 Å². The van der Waals surface area contributed by atoms with Crippen LogP contribution in [0.4, 0.5) is 0 Å². The van der Waals surface area contributed by atoms with Crippen molar-refractivity contribution in [1.29, 1.82) is 0 Å². The Morgan fingerprint density at radius 1 is 1.80 bits per heavy atom. The molecular weight excluding hydrogens is 130 g/mol. The average Bonchev–Trinajstić information content (AvgIpc) is 2.13. The SMILES string of the molecule is Cn1c[n+](C)cc1/C=N\O. The van der Waals surface area contributed by atoms with Crippen LogP contribution in [0.3, 0.4) is 0 Å². The van der Waals surface area contributed by atoms with E-state index in [-0.39, 0.29) is 0 Å². The van der Waals surface area contributed by atoms with Gasteiger partial charge in [-0.2, -0.15) is 0 Å². The van der Waals surface area contributed by atoms with Gasteiger partial charge >= 0.3 is 0 Å². The van der Waals surface area contributed by atoms with Crippen molar-refractivity contribution in [3.8, 4) is 0 Å². The Hall–Kier alpha value is -1.32. The van der Waals surface area contributed by atoms with Crippen molar-refractivity contribution in [2.45, 2.75) is 0 Å². The number of nitrogens with zero attached hydrogens (tertiary/aromatic N) is 3. The smallest absolute Gasteiger partial charge is 0.243 e. The quantitative estimate of drug-likeness (QED) is 0.246. The first-order valence-corrected chi connectivity index (χ1v) is 2.93. The van der Waals surface area contributed by atoms with Crippen molar-refractivity contribution in [3.05, 3.63) is 18.2 Å². The van der Waals surface area contributed by atoms with E-state index in [1.54, 1.807) is 0 Å². The summed E-state index contributed by atoms with van der Waals surface area (Å²) in [5, 5.41) is 11.1. The normalized spacial score (nSPS) is 11.0. The molecule has 1 heterocycles. The van der Waals surface area contributed by atoms with Gasteiger partial charge in [0.15, 0.2) is 5.69 Å². The molecule has 0 fully saturated rings. The van der Waals surface area contributed by atoms with Crippen molar-refractivity contribution in [3.63, 3.8) is 0 Å². The van der Waals surface area contributed by atoms with E-state index in [4.69, 9.17) is 5.21 Å². The standard InChI is InChI=1S/C6H9N3O/c1-8-4-6(3-7-10)9(2)5-8/h3-5H,1-2H3/p+1/b7-3-. The molecule has 0 amide bonds. The van der Waals surface area contributed by atoms with Gasteiger partial charge in [-0.25, -0.2) is 9.13 Å². The molecule has 0 aliphatic rings. The summed E-state index contributed by atoms with van der Waals surface area (Å²) >= 11 is 0. The molecule has 1 aromatic rings. The van der Waals surface area contributed by atoms with Gasteiger partial charge in [0.25, 0.3) is 0 Å². The van der Waals surface area contributed by atoms with E-state index in [1.807, 2.05) is 35.8 Å². The maximum absolute atomic E-state index is 8.20. The molecule has 0 aromatic carbocycles. The molecule has 54 valence electrons. The Morgan fingerprint density at radius 2 is 2.50 bits per heavy atom. The molecule has 0 spiro atoms. The molecule has 0 radical (unpaired) electrons. The maximum atomic E-state index is 8.20. The zero-order valence-corrected chi connectivity index (χ0v) is 6.02. The third-order valence-corrected chi connectivity index (χ3v) is 1.29. The van der Waals surface area contributed by atoms with Crippen LogP contribution in [0.1, 0.15) is 5.69 Å². The lowest BCUT2D eigenvalue weighted by Gasteiger charge is -1.80. The molecule has 0 unspecified atom stereocenters. The number of oxime groups is 1. The van der Waals surface area contributed by atoms with E-state index in [1.165, 1.54) is 6.21 Å². The first kappa shape index (κ1) is 6.80. The van der Waals surface area contributed by atoms with E-state index in [0.29, 0.717) is 0 Å². The summed E-state index contributed by atoms with van der Waals surface area (Å²) in [5.74, 6) is 0. The van der Waals surface area contributed by atoms with Crippen LogP contribution in [0.2, 0.25) is 0 Å². The monoisotopic (exact) mass is 140 g/mol. The maximum Gasteiger partial charge on any atom is 0.243 e. The van der Waals surface area contributed by atoms with Gasteiger partial charge in [-0.3, -0.25) is 0 Å². The summed E-state index contributed by atoms with van der Waals surface area (Å²) in [6.45, 7) is 0. The lowest BCUT2D eigenvalue weighted by Crippen LogP contribution is -2.23. The first-order valence-electron chi connectivity index (χ1n) is 2.93. The van der Waals surface area contributed by atoms with Crippen LogP contribution in [-0.2, 0) is 14.1 Å². The highest BCUT2D eigenvalue weighted by Crippen LogP contribution is 1.87. The third kappa shape index (κ3) is 1.15. The van der Waals surface area contributed by atoms with Crippen LogP contribution in [0.5, 0.6) is 0 Å². The molecule has 0 aliphatic heterocycles. The summed E-state index contributed by atoms with van der Waals surface area (Å²) in [6.07, 6.45) is 5.14. The van der Waals surface area contributed by atoms with E-state index in [0.717, 1.165) is 5.69 Å². The molecule has 0 saturated carbocycles. The lowest BCUT2D eigenvalue weighted by molar-refractivity contribution is -0.670. The minimum absolute atomic E-state index is 0.866. The number of hydrogen-bond acceptors (Lipinski definition) is 2. The first-order chi connectivity index (χ1) is 4.74. The van der Waals surface area contributed by atoms with Gasteiger partial charge in [-0.15, -0.1) is 0 Å². The fourth-order valence-electron chi connectivity index (χ4n) is 0.856. The summed E-state index contributed by atoms with van der Waals surface area (Å²) in [4.78, 5) is 0. The van der Waals surface area contributed by atoms with Crippen molar-refractivity contribution in [1.82, 2.24) is 4.57 Å². The Kier molecular flexibility index (Phi) is 1.71. The fourth-order valence-corrected chi connectivity index (χ4v) is 0.856. The molecule has 1 N–H and O–H groups in total. The predicted molar refractivity (Wildman–Crippen MR) is 36.0 cm³/mol. The van der Waals surface area contributed by atoms with Crippen LogP contribution >= 0.6 is 0 Å². The Bertz CT molecular complexity index is 251. The zero-order chi connectivity index (χ0) is 7.56. The second-order valence-electron chi connectivity index (χ2n) is 2.19. The van der Waals surface area contributed by atoms with E-state index in [2.05, 4.69) is 5.16 Å². The number of aromatic nitrogens is 2. The summed E-state index contributed by atoms with van der Waals surface area (Å²) in [7, 11) is 3.80. The highest BCUT2D eigenvalue weighted by molar-refractivity contribution is 5.75. The van der Waals surface area contributed by atoms with Gasteiger partial charge in [-0.1, -0.05) is 5.16 Å². The minimum Gasteiger partial charge on any atom is -0.411 e. The molecule has 1 rings (SSSR count). The number of aryl methyl sites for hydroxylation is 2. The molecule has 10 heavy (non-hydrogen) atoms. The second-order valence-corrected chi connectivity index (χ2v) is 2.19. The molecular formula is C6H10N3O+. The fraction of sp³-hybridized carbons (Fsp3) is 0.333. The van der Waals surface area contributed by atoms with Crippen LogP contribution in [0, 0.1) is 0 Å². The summed E-state index contributed by atoms with van der Waals surface area (Å²) in [6, 6.07) is 0. The van der Waals surface area contributed by atoms with Gasteiger partial charge in [0.2, 0.25) is 6.33 Å². The van der Waals surface area contributed by atoms with Crippen molar-refractivity contribution in [2.24, 2.45) is 19.3 Å². The molecule has 4 heteroatoms. The third-order valence-electron chi connectivity index (χ3n) is 1.29. The molecule has 0 aliphatic carbocycles.